The van der Waals surface area contributed by atoms with E-state index in [4.69, 9.17) is 4.74 Å². The van der Waals surface area contributed by atoms with Crippen LogP contribution in [-0.2, 0) is 14.3 Å². The van der Waals surface area contributed by atoms with Crippen LogP contribution in [0.3, 0.4) is 0 Å². The predicted molar refractivity (Wildman–Crippen MR) is 127 cm³/mol. The first-order valence-electron chi connectivity index (χ1n) is 10.2. The van der Waals surface area contributed by atoms with Crippen LogP contribution in [0.25, 0.3) is 6.08 Å². The third kappa shape index (κ3) is 6.23. The van der Waals surface area contributed by atoms with Crippen LogP contribution in [-0.4, -0.2) is 39.6 Å². The lowest BCUT2D eigenvalue weighted by molar-refractivity contribution is -0.387. The molecule has 2 aromatic carbocycles. The van der Waals surface area contributed by atoms with Crippen molar-refractivity contribution in [3.05, 3.63) is 68.6 Å². The monoisotopic (exact) mass is 486 g/mol. The van der Waals surface area contributed by atoms with Gasteiger partial charge in [-0.1, -0.05) is 42.4 Å². The van der Waals surface area contributed by atoms with Crippen LogP contribution in [0.5, 0.6) is 0 Å². The maximum Gasteiger partial charge on any atom is 0.326 e. The van der Waals surface area contributed by atoms with Crippen LogP contribution < -0.4 is 0 Å². The Bertz CT molecular complexity index is 1130. The van der Waals surface area contributed by atoms with Gasteiger partial charge in [0.1, 0.15) is 6.54 Å². The van der Waals surface area contributed by atoms with Gasteiger partial charge in [0.15, 0.2) is 0 Å². The lowest BCUT2D eigenvalue weighted by atomic mass is 10.2. The normalized spacial score (nSPS) is 15.7. The fourth-order valence-electron chi connectivity index (χ4n) is 2.85. The molecule has 1 saturated heterocycles. The number of esters is 1. The number of amides is 2. The highest BCUT2D eigenvalue weighted by molar-refractivity contribution is 8.18. The Labute approximate surface area is 199 Å². The van der Waals surface area contributed by atoms with Gasteiger partial charge in [-0.05, 0) is 61.9 Å². The molecule has 10 heteroatoms. The molecule has 0 bridgehead atoms. The third-order valence-electron chi connectivity index (χ3n) is 4.79. The Morgan fingerprint density at radius 2 is 1.94 bits per heavy atom. The number of ether oxygens (including phenoxy) is 1. The van der Waals surface area contributed by atoms with Crippen LogP contribution in [0.15, 0.2) is 57.2 Å². The molecule has 1 fully saturated rings. The van der Waals surface area contributed by atoms with Gasteiger partial charge >= 0.3 is 5.97 Å². The van der Waals surface area contributed by atoms with Gasteiger partial charge in [0, 0.05) is 11.0 Å². The van der Waals surface area contributed by atoms with E-state index in [1.54, 1.807) is 19.1 Å². The molecule has 1 aliphatic rings. The minimum Gasteiger partial charge on any atom is -0.461 e. The zero-order valence-corrected chi connectivity index (χ0v) is 19.9. The van der Waals surface area contributed by atoms with Crippen LogP contribution in [0.1, 0.15) is 31.4 Å². The molecule has 2 amide bonds. The molecule has 0 radical (unpaired) electrons. The van der Waals surface area contributed by atoms with Crippen molar-refractivity contribution in [1.29, 1.82) is 0 Å². The summed E-state index contributed by atoms with van der Waals surface area (Å²) in [5.41, 5.74) is 1.39. The highest BCUT2D eigenvalue weighted by atomic mass is 32.2. The molecule has 0 saturated carbocycles. The number of carbonyl (C=O) groups is 3. The van der Waals surface area contributed by atoms with Crippen molar-refractivity contribution in [2.24, 2.45) is 0 Å². The van der Waals surface area contributed by atoms with Crippen LogP contribution in [0.4, 0.5) is 10.5 Å². The summed E-state index contributed by atoms with van der Waals surface area (Å²) in [6, 6.07) is 12.3. The summed E-state index contributed by atoms with van der Waals surface area (Å²) in [7, 11) is 0. The highest BCUT2D eigenvalue weighted by Gasteiger charge is 2.37. The van der Waals surface area contributed by atoms with Gasteiger partial charge in [0.05, 0.1) is 20.8 Å². The van der Waals surface area contributed by atoms with E-state index in [0.29, 0.717) is 28.6 Å². The summed E-state index contributed by atoms with van der Waals surface area (Å²) in [6.45, 7) is 5.06. The molecular weight excluding hydrogens is 464 g/mol. The lowest BCUT2D eigenvalue weighted by Crippen LogP contribution is -2.35. The van der Waals surface area contributed by atoms with Crippen molar-refractivity contribution in [1.82, 2.24) is 4.90 Å². The number of hydrogen-bond donors (Lipinski definition) is 0. The molecule has 1 atom stereocenters. The number of nitro groups is 1. The van der Waals surface area contributed by atoms with Crippen molar-refractivity contribution >= 4 is 52.4 Å². The molecule has 0 spiro atoms. The van der Waals surface area contributed by atoms with Crippen LogP contribution in [0.2, 0.25) is 0 Å². The molecular formula is C23H22N2O6S2. The maximum atomic E-state index is 12.6. The molecule has 3 rings (SSSR count). The Morgan fingerprint density at radius 1 is 1.24 bits per heavy atom. The third-order valence-corrected chi connectivity index (χ3v) is 6.77. The number of rotatable bonds is 8. The van der Waals surface area contributed by atoms with E-state index in [2.05, 4.69) is 0 Å². The number of nitro benzene ring substituents is 1. The van der Waals surface area contributed by atoms with Gasteiger partial charge in [0.2, 0.25) is 0 Å². The summed E-state index contributed by atoms with van der Waals surface area (Å²) in [5, 5.41) is 11.1. The molecule has 1 heterocycles. The number of carbonyl (C=O) groups excluding carboxylic acids is 3. The van der Waals surface area contributed by atoms with E-state index >= 15 is 0 Å². The Kier molecular flexibility index (Phi) is 7.93. The Hall–Kier alpha value is -3.11. The molecule has 0 unspecified atom stereocenters. The largest absolute Gasteiger partial charge is 0.461 e. The fourth-order valence-corrected chi connectivity index (χ4v) is 4.59. The number of aryl methyl sites for hydroxylation is 1. The summed E-state index contributed by atoms with van der Waals surface area (Å²) in [6.07, 6.45) is 1.72. The van der Waals surface area contributed by atoms with Crippen molar-refractivity contribution in [3.8, 4) is 0 Å². The second kappa shape index (κ2) is 10.7. The van der Waals surface area contributed by atoms with Crippen molar-refractivity contribution in [2.75, 3.05) is 6.54 Å². The average molecular weight is 487 g/mol. The summed E-state index contributed by atoms with van der Waals surface area (Å²) < 4.78 is 5.13. The predicted octanol–water partition coefficient (Wildman–Crippen LogP) is 5.43. The molecule has 8 nitrogen and oxygen atoms in total. The zero-order valence-electron chi connectivity index (χ0n) is 18.3. The molecule has 172 valence electrons. The number of nitrogens with zero attached hydrogens (tertiary/aromatic N) is 2. The standard InChI is InChI=1S/C23H22N2O6S2/c1-4-15(3)31-21(26)13-24-22(27)20(33-23(24)28)12-16-7-10-19(18(11-16)25(29)30)32-17-8-5-14(2)6-9-17/h5-12,15H,4,13H2,1-3H3/b20-12-/t15-/m1/s1. The molecule has 2 aromatic rings. The molecule has 0 aromatic heterocycles. The fraction of sp³-hybridized carbons (Fsp3) is 0.261. The Morgan fingerprint density at radius 3 is 2.58 bits per heavy atom. The minimum absolute atomic E-state index is 0.0876. The number of imide groups is 1. The van der Waals surface area contributed by atoms with E-state index < -0.39 is 28.6 Å². The van der Waals surface area contributed by atoms with E-state index in [0.717, 1.165) is 15.4 Å². The van der Waals surface area contributed by atoms with Gasteiger partial charge in [0.25, 0.3) is 16.8 Å². The van der Waals surface area contributed by atoms with Gasteiger partial charge in [-0.25, -0.2) is 0 Å². The lowest BCUT2D eigenvalue weighted by Gasteiger charge is -2.14. The number of thioether (sulfide) groups is 1. The molecule has 0 aliphatic carbocycles. The van der Waals surface area contributed by atoms with Crippen LogP contribution in [0, 0.1) is 17.0 Å². The number of hydrogen-bond acceptors (Lipinski definition) is 8. The van der Waals surface area contributed by atoms with E-state index in [9.17, 15) is 24.5 Å². The SMILES string of the molecule is CC[C@@H](C)OC(=O)CN1C(=O)S/C(=C\c2ccc(Sc3ccc(C)cc3)c([N+](=O)[O-])c2)C1=O. The second-order valence-electron chi connectivity index (χ2n) is 7.38. The summed E-state index contributed by atoms with van der Waals surface area (Å²) in [5.74, 6) is -1.30. The maximum absolute atomic E-state index is 12.6. The quantitative estimate of drug-likeness (QED) is 0.210. The first kappa shape index (κ1) is 24.5. The molecule has 33 heavy (non-hydrogen) atoms. The molecule has 0 N–H and O–H groups in total. The zero-order chi connectivity index (χ0) is 24.1. The smallest absolute Gasteiger partial charge is 0.326 e. The topological polar surface area (TPSA) is 107 Å². The average Bonchev–Trinajstić information content (AvgIpc) is 3.03. The van der Waals surface area contributed by atoms with Crippen LogP contribution >= 0.6 is 23.5 Å². The first-order valence-corrected chi connectivity index (χ1v) is 11.8. The Balaban J connectivity index is 1.79. The molecule has 1 aliphatic heterocycles. The van der Waals surface area contributed by atoms with E-state index in [-0.39, 0.29) is 16.7 Å². The van der Waals surface area contributed by atoms with E-state index in [1.165, 1.54) is 23.9 Å². The van der Waals surface area contributed by atoms with Gasteiger partial charge in [-0.3, -0.25) is 29.4 Å². The number of benzene rings is 2. The highest BCUT2D eigenvalue weighted by Crippen LogP contribution is 2.37. The summed E-state index contributed by atoms with van der Waals surface area (Å²) in [4.78, 5) is 50.2. The van der Waals surface area contributed by atoms with Crippen molar-refractivity contribution in [3.63, 3.8) is 0 Å². The van der Waals surface area contributed by atoms with Gasteiger partial charge in [-0.15, -0.1) is 0 Å². The first-order chi connectivity index (χ1) is 15.7. The van der Waals surface area contributed by atoms with Crippen molar-refractivity contribution in [2.45, 2.75) is 43.1 Å². The second-order valence-corrected chi connectivity index (χ2v) is 9.48. The summed E-state index contributed by atoms with van der Waals surface area (Å²) >= 11 is 1.95. The van der Waals surface area contributed by atoms with Crippen molar-refractivity contribution < 1.29 is 24.0 Å². The van der Waals surface area contributed by atoms with Gasteiger partial charge in [-0.2, -0.15) is 0 Å². The minimum atomic E-state index is -0.666. The van der Waals surface area contributed by atoms with Gasteiger partial charge < -0.3 is 4.74 Å². The van der Waals surface area contributed by atoms with E-state index in [1.807, 2.05) is 38.1 Å².